The molecule has 2 saturated heterocycles. The van der Waals surface area contributed by atoms with Gasteiger partial charge in [0.15, 0.2) is 0 Å². The largest absolute Gasteiger partial charge is 0.376 e. The smallest absolute Gasteiger partial charge is 0.240 e. The third-order valence-corrected chi connectivity index (χ3v) is 8.01. The first-order valence-corrected chi connectivity index (χ1v) is 13.2. The summed E-state index contributed by atoms with van der Waals surface area (Å²) >= 11 is 0. The fourth-order valence-electron chi connectivity index (χ4n) is 5.69. The standard InChI is InChI=1S/C29H35N3O4/c33-26(31(20-22-8-6-9-22)21-25-13-7-17-36-25)18-29(23-10-2-1-3-11-23)19-27(34)32(28(29)35)16-14-24-12-4-5-15-30-24/h1-5,10-12,15,22,25H,6-9,13-14,16-21H2/t25-,29+/m1/s1. The highest BCUT2D eigenvalue weighted by Crippen LogP contribution is 2.41. The van der Waals surface area contributed by atoms with E-state index in [1.807, 2.05) is 53.4 Å². The molecule has 36 heavy (non-hydrogen) atoms. The first-order chi connectivity index (χ1) is 17.5. The number of likely N-dealkylation sites (tertiary alicyclic amines) is 1. The van der Waals surface area contributed by atoms with Crippen LogP contribution in [-0.2, 0) is 31.0 Å². The molecule has 3 amide bonds. The third-order valence-electron chi connectivity index (χ3n) is 8.01. The molecule has 3 heterocycles. The first kappa shape index (κ1) is 24.6. The summed E-state index contributed by atoms with van der Waals surface area (Å²) in [5.74, 6) is -0.0475. The van der Waals surface area contributed by atoms with Crippen molar-refractivity contribution in [2.75, 3.05) is 26.2 Å². The van der Waals surface area contributed by atoms with Gasteiger partial charge in [-0.3, -0.25) is 24.3 Å². The molecule has 0 unspecified atom stereocenters. The number of ether oxygens (including phenoxy) is 1. The highest BCUT2D eigenvalue weighted by atomic mass is 16.5. The van der Waals surface area contributed by atoms with Gasteiger partial charge in [-0.2, -0.15) is 0 Å². The summed E-state index contributed by atoms with van der Waals surface area (Å²) in [5.41, 5.74) is 0.390. The molecule has 1 saturated carbocycles. The molecular weight excluding hydrogens is 454 g/mol. The Balaban J connectivity index is 1.38. The highest BCUT2D eigenvalue weighted by molar-refractivity contribution is 6.10. The summed E-state index contributed by atoms with van der Waals surface area (Å²) in [6.45, 7) is 2.27. The molecule has 0 spiro atoms. The molecule has 0 bridgehead atoms. The molecule has 1 aliphatic carbocycles. The second-order valence-electron chi connectivity index (χ2n) is 10.5. The van der Waals surface area contributed by atoms with Crippen molar-refractivity contribution in [2.45, 2.75) is 62.9 Å². The van der Waals surface area contributed by atoms with Crippen LogP contribution in [-0.4, -0.2) is 64.9 Å². The van der Waals surface area contributed by atoms with Crippen molar-refractivity contribution in [2.24, 2.45) is 5.92 Å². The van der Waals surface area contributed by atoms with E-state index in [1.165, 1.54) is 11.3 Å². The lowest BCUT2D eigenvalue weighted by atomic mass is 9.75. The lowest BCUT2D eigenvalue weighted by Crippen LogP contribution is -2.47. The van der Waals surface area contributed by atoms with Crippen molar-refractivity contribution in [3.63, 3.8) is 0 Å². The molecule has 0 N–H and O–H groups in total. The van der Waals surface area contributed by atoms with Crippen molar-refractivity contribution >= 4 is 17.7 Å². The number of amides is 3. The van der Waals surface area contributed by atoms with Gasteiger partial charge in [0.2, 0.25) is 17.7 Å². The van der Waals surface area contributed by atoms with Gasteiger partial charge >= 0.3 is 0 Å². The monoisotopic (exact) mass is 489 g/mol. The number of carbonyl (C=O) groups is 3. The van der Waals surface area contributed by atoms with Crippen LogP contribution >= 0.6 is 0 Å². The van der Waals surface area contributed by atoms with Gasteiger partial charge in [0.1, 0.15) is 0 Å². The number of hydrogen-bond donors (Lipinski definition) is 0. The van der Waals surface area contributed by atoms with Crippen LogP contribution in [0.25, 0.3) is 0 Å². The molecule has 1 aromatic carbocycles. The van der Waals surface area contributed by atoms with Crippen molar-refractivity contribution < 1.29 is 19.1 Å². The van der Waals surface area contributed by atoms with Gasteiger partial charge in [-0.1, -0.05) is 42.8 Å². The minimum atomic E-state index is -1.17. The molecule has 2 aliphatic heterocycles. The SMILES string of the molecule is O=C(C[C@@]1(c2ccccc2)CC(=O)N(CCc2ccccn2)C1=O)N(CC1CCC1)C[C@H]1CCCO1. The molecule has 3 fully saturated rings. The summed E-state index contributed by atoms with van der Waals surface area (Å²) in [7, 11) is 0. The van der Waals surface area contributed by atoms with Crippen LogP contribution in [0.15, 0.2) is 54.7 Å². The quantitative estimate of drug-likeness (QED) is 0.477. The van der Waals surface area contributed by atoms with Crippen molar-refractivity contribution in [1.82, 2.24) is 14.8 Å². The Morgan fingerprint density at radius 1 is 1.03 bits per heavy atom. The molecule has 2 aromatic rings. The van der Waals surface area contributed by atoms with E-state index >= 15 is 0 Å². The van der Waals surface area contributed by atoms with Crippen LogP contribution in [0.4, 0.5) is 0 Å². The Morgan fingerprint density at radius 3 is 2.50 bits per heavy atom. The molecule has 0 radical (unpaired) electrons. The van der Waals surface area contributed by atoms with E-state index in [4.69, 9.17) is 4.74 Å². The zero-order valence-corrected chi connectivity index (χ0v) is 20.8. The summed E-state index contributed by atoms with van der Waals surface area (Å²) in [4.78, 5) is 48.6. The molecule has 7 nitrogen and oxygen atoms in total. The van der Waals surface area contributed by atoms with Crippen LogP contribution in [0.1, 0.15) is 56.2 Å². The van der Waals surface area contributed by atoms with Gasteiger partial charge in [0.25, 0.3) is 0 Å². The van der Waals surface area contributed by atoms with Crippen molar-refractivity contribution in [3.05, 3.63) is 66.0 Å². The summed E-state index contributed by atoms with van der Waals surface area (Å²) in [6.07, 6.45) is 7.72. The fourth-order valence-corrected chi connectivity index (χ4v) is 5.69. The lowest BCUT2D eigenvalue weighted by Gasteiger charge is -2.36. The maximum Gasteiger partial charge on any atom is 0.240 e. The van der Waals surface area contributed by atoms with Gasteiger partial charge in [0.05, 0.1) is 11.5 Å². The predicted octanol–water partition coefficient (Wildman–Crippen LogP) is 3.52. The Bertz CT molecular complexity index is 1070. The summed E-state index contributed by atoms with van der Waals surface area (Å²) in [5, 5.41) is 0. The normalized spacial score (nSPS) is 24.2. The zero-order chi connectivity index (χ0) is 25.0. The zero-order valence-electron chi connectivity index (χ0n) is 20.8. The van der Waals surface area contributed by atoms with Crippen LogP contribution in [0, 0.1) is 5.92 Å². The maximum atomic E-state index is 13.9. The van der Waals surface area contributed by atoms with Crippen LogP contribution in [0.5, 0.6) is 0 Å². The highest BCUT2D eigenvalue weighted by Gasteiger charge is 2.54. The third kappa shape index (κ3) is 5.21. The second-order valence-corrected chi connectivity index (χ2v) is 10.5. The van der Waals surface area contributed by atoms with Crippen LogP contribution < -0.4 is 0 Å². The average Bonchev–Trinajstić information content (AvgIpc) is 3.47. The number of pyridine rings is 1. The Morgan fingerprint density at radius 2 is 1.83 bits per heavy atom. The molecule has 3 aliphatic rings. The Hall–Kier alpha value is -3.06. The van der Waals surface area contributed by atoms with Gasteiger partial charge in [-0.05, 0) is 49.3 Å². The number of aromatic nitrogens is 1. The van der Waals surface area contributed by atoms with E-state index in [2.05, 4.69) is 4.98 Å². The van der Waals surface area contributed by atoms with Gasteiger partial charge < -0.3 is 9.64 Å². The number of benzene rings is 1. The van der Waals surface area contributed by atoms with Crippen molar-refractivity contribution in [3.8, 4) is 0 Å². The van der Waals surface area contributed by atoms with Crippen LogP contribution in [0.3, 0.4) is 0 Å². The second kappa shape index (κ2) is 10.9. The topological polar surface area (TPSA) is 79.8 Å². The van der Waals surface area contributed by atoms with E-state index in [0.29, 0.717) is 25.4 Å². The molecule has 2 atom stereocenters. The number of hydrogen-bond acceptors (Lipinski definition) is 5. The minimum absolute atomic E-state index is 0.00110. The van der Waals surface area contributed by atoms with Crippen molar-refractivity contribution in [1.29, 1.82) is 0 Å². The Kier molecular flexibility index (Phi) is 7.46. The van der Waals surface area contributed by atoms with E-state index in [0.717, 1.165) is 43.5 Å². The van der Waals surface area contributed by atoms with E-state index in [9.17, 15) is 14.4 Å². The summed E-state index contributed by atoms with van der Waals surface area (Å²) < 4.78 is 5.85. The van der Waals surface area contributed by atoms with E-state index < -0.39 is 5.41 Å². The lowest BCUT2D eigenvalue weighted by molar-refractivity contribution is -0.143. The molecular formula is C29H35N3O4. The molecule has 1 aromatic heterocycles. The maximum absolute atomic E-state index is 13.9. The fraction of sp³-hybridized carbons (Fsp3) is 0.517. The first-order valence-electron chi connectivity index (χ1n) is 13.2. The predicted molar refractivity (Wildman–Crippen MR) is 135 cm³/mol. The molecule has 190 valence electrons. The summed E-state index contributed by atoms with van der Waals surface area (Å²) in [6, 6.07) is 15.0. The van der Waals surface area contributed by atoms with E-state index in [1.54, 1.807) is 6.20 Å². The van der Waals surface area contributed by atoms with E-state index in [-0.39, 0.29) is 43.2 Å². The number of nitrogens with zero attached hydrogens (tertiary/aromatic N) is 3. The van der Waals surface area contributed by atoms with Gasteiger partial charge in [-0.25, -0.2) is 0 Å². The molecule has 7 heteroatoms. The molecule has 5 rings (SSSR count). The number of carbonyl (C=O) groups excluding carboxylic acids is 3. The number of rotatable bonds is 10. The number of imide groups is 1. The van der Waals surface area contributed by atoms with Crippen LogP contribution in [0.2, 0.25) is 0 Å². The Labute approximate surface area is 212 Å². The minimum Gasteiger partial charge on any atom is -0.376 e. The van der Waals surface area contributed by atoms with Gasteiger partial charge in [0, 0.05) is 57.4 Å². The van der Waals surface area contributed by atoms with Gasteiger partial charge in [-0.15, -0.1) is 0 Å². The average molecular weight is 490 g/mol.